The number of nitrogens with one attached hydrogen (secondary N) is 1. The molecule has 1 N–H and O–H groups in total. The number of alkyl halides is 3. The molecule has 0 bridgehead atoms. The first-order valence-corrected chi connectivity index (χ1v) is 7.55. The average Bonchev–Trinajstić information content (AvgIpc) is 2.78. The number of aromatic nitrogens is 1. The number of hydrogen-bond acceptors (Lipinski definition) is 4. The molecule has 2 heterocycles. The van der Waals surface area contributed by atoms with E-state index in [2.05, 4.69) is 10.3 Å². The maximum Gasteiger partial charge on any atom is 0.417 e. The number of fused-ring (bicyclic) bond motifs is 1. The summed E-state index contributed by atoms with van der Waals surface area (Å²) in [6.45, 7) is 1.74. The van der Waals surface area contributed by atoms with Crippen LogP contribution in [0.3, 0.4) is 0 Å². The molecule has 0 fully saturated rings. The Kier molecular flexibility index (Phi) is 4.56. The van der Waals surface area contributed by atoms with Gasteiger partial charge in [0.15, 0.2) is 11.5 Å². The highest BCUT2D eigenvalue weighted by molar-refractivity contribution is 6.33. The fourth-order valence-electron chi connectivity index (χ4n) is 2.50. The van der Waals surface area contributed by atoms with Gasteiger partial charge in [-0.05, 0) is 18.2 Å². The predicted molar refractivity (Wildman–Crippen MR) is 83.4 cm³/mol. The third kappa shape index (κ3) is 3.27. The van der Waals surface area contributed by atoms with Crippen molar-refractivity contribution in [3.8, 4) is 22.8 Å². The summed E-state index contributed by atoms with van der Waals surface area (Å²) < 4.78 is 49.3. The van der Waals surface area contributed by atoms with Crippen LogP contribution in [0.4, 0.5) is 13.2 Å². The van der Waals surface area contributed by atoms with Gasteiger partial charge in [0.2, 0.25) is 0 Å². The van der Waals surface area contributed by atoms with Crippen molar-refractivity contribution in [3.05, 3.63) is 40.5 Å². The van der Waals surface area contributed by atoms with E-state index in [1.807, 2.05) is 0 Å². The van der Waals surface area contributed by atoms with Crippen LogP contribution in [-0.2, 0) is 12.7 Å². The highest BCUT2D eigenvalue weighted by Gasteiger charge is 2.31. The number of halogens is 4. The molecule has 0 unspecified atom stereocenters. The highest BCUT2D eigenvalue weighted by atomic mass is 35.5. The Hall–Kier alpha value is -1.99. The van der Waals surface area contributed by atoms with Gasteiger partial charge < -0.3 is 14.8 Å². The summed E-state index contributed by atoms with van der Waals surface area (Å²) in [7, 11) is 1.50. The molecule has 8 heteroatoms. The summed E-state index contributed by atoms with van der Waals surface area (Å²) in [4.78, 5) is 3.89. The minimum absolute atomic E-state index is 0.0747. The Morgan fingerprint density at radius 1 is 1.29 bits per heavy atom. The molecule has 0 aliphatic carbocycles. The van der Waals surface area contributed by atoms with Crippen molar-refractivity contribution in [2.75, 3.05) is 20.3 Å². The van der Waals surface area contributed by atoms with Crippen LogP contribution in [0.2, 0.25) is 5.02 Å². The number of pyridine rings is 1. The lowest BCUT2D eigenvalue weighted by Crippen LogP contribution is -2.16. The van der Waals surface area contributed by atoms with Crippen LogP contribution in [0, 0.1) is 0 Å². The van der Waals surface area contributed by atoms with Gasteiger partial charge in [0.05, 0.1) is 23.4 Å². The van der Waals surface area contributed by atoms with Gasteiger partial charge in [0.25, 0.3) is 0 Å². The zero-order valence-corrected chi connectivity index (χ0v) is 13.5. The van der Waals surface area contributed by atoms with Gasteiger partial charge in [-0.25, -0.2) is 0 Å². The molecule has 3 rings (SSSR count). The number of nitrogens with zero attached hydrogens (tertiary/aromatic N) is 1. The first-order chi connectivity index (χ1) is 11.4. The van der Waals surface area contributed by atoms with Crippen molar-refractivity contribution in [1.82, 2.24) is 10.3 Å². The van der Waals surface area contributed by atoms with E-state index in [4.69, 9.17) is 21.1 Å². The van der Waals surface area contributed by atoms with Crippen molar-refractivity contribution < 1.29 is 22.6 Å². The van der Waals surface area contributed by atoms with Crippen LogP contribution < -0.4 is 14.8 Å². The molecule has 1 aliphatic heterocycles. The normalized spacial score (nSPS) is 14.5. The molecule has 128 valence electrons. The van der Waals surface area contributed by atoms with E-state index in [1.54, 1.807) is 12.1 Å². The summed E-state index contributed by atoms with van der Waals surface area (Å²) in [5.74, 6) is 1.11. The Morgan fingerprint density at radius 3 is 2.75 bits per heavy atom. The predicted octanol–water partition coefficient (Wildman–Crippen LogP) is 3.91. The van der Waals surface area contributed by atoms with Gasteiger partial charge >= 0.3 is 6.18 Å². The van der Waals surface area contributed by atoms with Crippen molar-refractivity contribution in [1.29, 1.82) is 0 Å². The molecule has 4 nitrogen and oxygen atoms in total. The summed E-state index contributed by atoms with van der Waals surface area (Å²) >= 11 is 6.03. The van der Waals surface area contributed by atoms with Gasteiger partial charge in [-0.1, -0.05) is 11.6 Å². The Morgan fingerprint density at radius 2 is 2.08 bits per heavy atom. The number of hydrogen-bond donors (Lipinski definition) is 1. The molecule has 0 saturated carbocycles. The van der Waals surface area contributed by atoms with E-state index in [-0.39, 0.29) is 10.7 Å². The van der Waals surface area contributed by atoms with Crippen LogP contribution in [0.15, 0.2) is 24.4 Å². The van der Waals surface area contributed by atoms with Gasteiger partial charge in [0.1, 0.15) is 6.61 Å². The lowest BCUT2D eigenvalue weighted by Gasteiger charge is -2.15. The van der Waals surface area contributed by atoms with E-state index in [9.17, 15) is 13.2 Å². The van der Waals surface area contributed by atoms with E-state index >= 15 is 0 Å². The number of methoxy groups -OCH3 is 1. The molecule has 0 amide bonds. The second-order valence-corrected chi connectivity index (χ2v) is 5.65. The fraction of sp³-hybridized carbons (Fsp3) is 0.312. The lowest BCUT2D eigenvalue weighted by molar-refractivity contribution is -0.137. The Balaban J connectivity index is 2.08. The third-order valence-electron chi connectivity index (χ3n) is 3.63. The number of ether oxygens (including phenoxy) is 2. The van der Waals surface area contributed by atoms with Gasteiger partial charge in [-0.3, -0.25) is 4.98 Å². The average molecular weight is 359 g/mol. The maximum absolute atomic E-state index is 12.7. The standard InChI is InChI=1S/C16H14ClF3N2O2/c1-23-13-5-9(4-10-7-21-2-3-24-15(10)13)14-12(17)6-11(8-22-14)16(18,19)20/h4-6,8,21H,2-3,7H2,1H3. The SMILES string of the molecule is COc1cc(-c2ncc(C(F)(F)F)cc2Cl)cc2c1OCCNC2. The molecule has 1 aliphatic rings. The van der Waals surface area contributed by atoms with E-state index in [0.29, 0.717) is 36.8 Å². The molecule has 1 aromatic carbocycles. The van der Waals surface area contributed by atoms with Crippen LogP contribution in [-0.4, -0.2) is 25.2 Å². The van der Waals surface area contributed by atoms with Gasteiger partial charge in [-0.15, -0.1) is 0 Å². The quantitative estimate of drug-likeness (QED) is 0.884. The van der Waals surface area contributed by atoms with E-state index in [1.165, 1.54) is 7.11 Å². The minimum Gasteiger partial charge on any atom is -0.493 e. The first kappa shape index (κ1) is 16.9. The number of benzene rings is 1. The van der Waals surface area contributed by atoms with Crippen molar-refractivity contribution >= 4 is 11.6 Å². The summed E-state index contributed by atoms with van der Waals surface area (Å²) in [5, 5.41) is 3.12. The van der Waals surface area contributed by atoms with Crippen LogP contribution in [0.25, 0.3) is 11.3 Å². The first-order valence-electron chi connectivity index (χ1n) is 7.17. The number of rotatable bonds is 2. The monoisotopic (exact) mass is 358 g/mol. The Labute approximate surface area is 141 Å². The Bertz CT molecular complexity index is 766. The van der Waals surface area contributed by atoms with Crippen molar-refractivity contribution in [2.24, 2.45) is 0 Å². The zero-order chi connectivity index (χ0) is 17.3. The fourth-order valence-corrected chi connectivity index (χ4v) is 2.77. The zero-order valence-electron chi connectivity index (χ0n) is 12.7. The minimum atomic E-state index is -4.49. The second kappa shape index (κ2) is 6.49. The van der Waals surface area contributed by atoms with Crippen molar-refractivity contribution in [2.45, 2.75) is 12.7 Å². The third-order valence-corrected chi connectivity index (χ3v) is 3.92. The van der Waals surface area contributed by atoms with Gasteiger partial charge in [0, 0.05) is 30.4 Å². The topological polar surface area (TPSA) is 43.4 Å². The lowest BCUT2D eigenvalue weighted by atomic mass is 10.0. The van der Waals surface area contributed by atoms with Crippen LogP contribution in [0.1, 0.15) is 11.1 Å². The molecule has 2 aromatic rings. The molecule has 24 heavy (non-hydrogen) atoms. The molecule has 0 spiro atoms. The summed E-state index contributed by atoms with van der Waals surface area (Å²) in [5.41, 5.74) is 0.772. The van der Waals surface area contributed by atoms with Crippen molar-refractivity contribution in [3.63, 3.8) is 0 Å². The molecular weight excluding hydrogens is 345 g/mol. The second-order valence-electron chi connectivity index (χ2n) is 5.24. The smallest absolute Gasteiger partial charge is 0.417 e. The molecular formula is C16H14ClF3N2O2. The van der Waals surface area contributed by atoms with E-state index < -0.39 is 11.7 Å². The van der Waals surface area contributed by atoms with Crippen LogP contribution in [0.5, 0.6) is 11.5 Å². The molecule has 1 aromatic heterocycles. The van der Waals surface area contributed by atoms with Crippen LogP contribution >= 0.6 is 11.6 Å². The largest absolute Gasteiger partial charge is 0.493 e. The summed E-state index contributed by atoms with van der Waals surface area (Å²) in [6, 6.07) is 4.32. The van der Waals surface area contributed by atoms with E-state index in [0.717, 1.165) is 17.8 Å². The molecule has 0 radical (unpaired) electrons. The molecule has 0 saturated heterocycles. The van der Waals surface area contributed by atoms with Gasteiger partial charge in [-0.2, -0.15) is 13.2 Å². The molecule has 0 atom stereocenters. The summed E-state index contributed by atoms with van der Waals surface area (Å²) in [6.07, 6.45) is -3.72. The highest BCUT2D eigenvalue weighted by Crippen LogP contribution is 2.39. The maximum atomic E-state index is 12.7.